The van der Waals surface area contributed by atoms with E-state index in [4.69, 9.17) is 17.5 Å². The zero-order valence-electron chi connectivity index (χ0n) is 9.12. The van der Waals surface area contributed by atoms with Crippen molar-refractivity contribution in [2.75, 3.05) is 0 Å². The molecule has 2 rings (SSSR count). The minimum atomic E-state index is -0.300. The first-order valence-corrected chi connectivity index (χ1v) is 5.42. The number of nitriles is 1. The number of rotatable bonds is 1. The maximum absolute atomic E-state index is 13.1. The van der Waals surface area contributed by atoms with Crippen molar-refractivity contribution in [2.24, 2.45) is 0 Å². The van der Waals surface area contributed by atoms with E-state index in [0.29, 0.717) is 10.2 Å². The molecule has 0 atom stereocenters. The average molecular weight is 244 g/mol. The Bertz CT molecular complexity index is 668. The smallest absolute Gasteiger partial charge is 0.123 e. The number of H-pyrrole nitrogens is 1. The van der Waals surface area contributed by atoms with Crippen LogP contribution in [-0.2, 0) is 0 Å². The summed E-state index contributed by atoms with van der Waals surface area (Å²) in [6.07, 6.45) is 0. The molecule has 0 saturated carbocycles. The van der Waals surface area contributed by atoms with Crippen LogP contribution in [0, 0.1) is 28.7 Å². The Kier molecular flexibility index (Phi) is 3.03. The monoisotopic (exact) mass is 244 g/mol. The highest BCUT2D eigenvalue weighted by Gasteiger charge is 2.06. The third-order valence-electron chi connectivity index (χ3n) is 2.47. The summed E-state index contributed by atoms with van der Waals surface area (Å²) in [6.45, 7) is 1.85. The number of benzene rings is 1. The Labute approximate surface area is 103 Å². The van der Waals surface area contributed by atoms with Crippen LogP contribution in [0.1, 0.15) is 11.1 Å². The van der Waals surface area contributed by atoms with Gasteiger partial charge in [-0.2, -0.15) is 5.26 Å². The minimum Gasteiger partial charge on any atom is -0.345 e. The van der Waals surface area contributed by atoms with Crippen molar-refractivity contribution in [3.63, 3.8) is 0 Å². The number of pyridine rings is 1. The molecule has 84 valence electrons. The van der Waals surface area contributed by atoms with E-state index in [0.717, 1.165) is 16.8 Å². The number of aryl methyl sites for hydroxylation is 1. The summed E-state index contributed by atoms with van der Waals surface area (Å²) in [7, 11) is 0. The Morgan fingerprint density at radius 3 is 2.76 bits per heavy atom. The summed E-state index contributed by atoms with van der Waals surface area (Å²) in [5.74, 6) is -0.300. The molecular weight excluding hydrogens is 235 g/mol. The van der Waals surface area contributed by atoms with Crippen molar-refractivity contribution in [1.82, 2.24) is 4.98 Å². The molecule has 0 saturated heterocycles. The van der Waals surface area contributed by atoms with Gasteiger partial charge in [-0.15, -0.1) is 0 Å². The van der Waals surface area contributed by atoms with Crippen LogP contribution < -0.4 is 0 Å². The number of hydrogen-bond donors (Lipinski definition) is 1. The van der Waals surface area contributed by atoms with Gasteiger partial charge in [-0.3, -0.25) is 0 Å². The molecule has 2 nitrogen and oxygen atoms in total. The molecule has 0 aliphatic carbocycles. The molecule has 0 aliphatic rings. The predicted molar refractivity (Wildman–Crippen MR) is 66.5 cm³/mol. The largest absolute Gasteiger partial charge is 0.345 e. The van der Waals surface area contributed by atoms with Crippen LogP contribution in [0.4, 0.5) is 4.39 Å². The van der Waals surface area contributed by atoms with Crippen LogP contribution in [0.25, 0.3) is 11.3 Å². The normalized spacial score (nSPS) is 9.94. The second-order valence-electron chi connectivity index (χ2n) is 3.69. The summed E-state index contributed by atoms with van der Waals surface area (Å²) in [5.41, 5.74) is 2.75. The van der Waals surface area contributed by atoms with E-state index in [1.54, 1.807) is 18.2 Å². The number of aromatic amines is 1. The maximum Gasteiger partial charge on any atom is 0.123 e. The summed E-state index contributed by atoms with van der Waals surface area (Å²) in [5, 5.41) is 8.85. The predicted octanol–water partition coefficient (Wildman–Crippen LogP) is 3.73. The summed E-state index contributed by atoms with van der Waals surface area (Å²) in [6, 6.07) is 9.97. The number of hydrogen-bond acceptors (Lipinski definition) is 2. The molecule has 2 aromatic rings. The van der Waals surface area contributed by atoms with Crippen molar-refractivity contribution >= 4 is 12.2 Å². The van der Waals surface area contributed by atoms with Gasteiger partial charge in [-0.1, -0.05) is 24.4 Å². The van der Waals surface area contributed by atoms with E-state index in [2.05, 4.69) is 4.98 Å². The molecule has 0 bridgehead atoms. The molecule has 0 aliphatic heterocycles. The zero-order valence-corrected chi connectivity index (χ0v) is 9.94. The Morgan fingerprint density at radius 2 is 2.12 bits per heavy atom. The van der Waals surface area contributed by atoms with Gasteiger partial charge in [-0.05, 0) is 30.7 Å². The number of aromatic nitrogens is 1. The van der Waals surface area contributed by atoms with E-state index >= 15 is 0 Å². The molecule has 0 spiro atoms. The molecule has 0 radical (unpaired) electrons. The van der Waals surface area contributed by atoms with Crippen molar-refractivity contribution in [3.05, 3.63) is 51.9 Å². The lowest BCUT2D eigenvalue weighted by Gasteiger charge is -2.07. The lowest BCUT2D eigenvalue weighted by atomic mass is 10.1. The summed E-state index contributed by atoms with van der Waals surface area (Å²) < 4.78 is 13.5. The van der Waals surface area contributed by atoms with Crippen LogP contribution in [0.2, 0.25) is 0 Å². The first kappa shape index (κ1) is 11.5. The van der Waals surface area contributed by atoms with Gasteiger partial charge in [0.05, 0.1) is 5.56 Å². The number of nitrogens with one attached hydrogen (secondary N) is 1. The van der Waals surface area contributed by atoms with Gasteiger partial charge in [0, 0.05) is 11.3 Å². The van der Waals surface area contributed by atoms with Gasteiger partial charge < -0.3 is 4.98 Å². The van der Waals surface area contributed by atoms with Gasteiger partial charge in [0.25, 0.3) is 0 Å². The Morgan fingerprint density at radius 1 is 1.35 bits per heavy atom. The highest BCUT2D eigenvalue weighted by Crippen LogP contribution is 2.22. The third-order valence-corrected chi connectivity index (χ3v) is 2.79. The van der Waals surface area contributed by atoms with Crippen molar-refractivity contribution < 1.29 is 4.39 Å². The molecule has 0 fully saturated rings. The molecule has 1 aromatic carbocycles. The van der Waals surface area contributed by atoms with Crippen molar-refractivity contribution in [1.29, 1.82) is 5.26 Å². The molecule has 4 heteroatoms. The molecule has 1 heterocycles. The van der Waals surface area contributed by atoms with Gasteiger partial charge >= 0.3 is 0 Å². The Balaban J connectivity index is 2.66. The number of halogens is 1. The fourth-order valence-corrected chi connectivity index (χ4v) is 1.87. The second kappa shape index (κ2) is 4.48. The summed E-state index contributed by atoms with van der Waals surface area (Å²) >= 11 is 5.06. The fraction of sp³-hybridized carbons (Fsp3) is 0.0769. The topological polar surface area (TPSA) is 39.6 Å². The molecule has 17 heavy (non-hydrogen) atoms. The minimum absolute atomic E-state index is 0.300. The van der Waals surface area contributed by atoms with E-state index < -0.39 is 0 Å². The standard InChI is InChI=1S/C13H9FN2S/c1-8-5-10(7-15)13(17)16-12(8)9-3-2-4-11(14)6-9/h2-6H,1H3,(H,16,17). The van der Waals surface area contributed by atoms with Crippen LogP contribution in [-0.4, -0.2) is 4.98 Å². The average Bonchev–Trinajstić information content (AvgIpc) is 2.31. The van der Waals surface area contributed by atoms with Crippen LogP contribution in [0.15, 0.2) is 30.3 Å². The van der Waals surface area contributed by atoms with Crippen molar-refractivity contribution in [3.8, 4) is 17.3 Å². The molecule has 1 N–H and O–H groups in total. The van der Waals surface area contributed by atoms with E-state index in [1.807, 2.05) is 13.0 Å². The molecule has 1 aromatic heterocycles. The van der Waals surface area contributed by atoms with E-state index in [1.165, 1.54) is 12.1 Å². The quantitative estimate of drug-likeness (QED) is 0.776. The van der Waals surface area contributed by atoms with Gasteiger partial charge in [0.1, 0.15) is 16.5 Å². The first-order chi connectivity index (χ1) is 8.11. The van der Waals surface area contributed by atoms with Crippen molar-refractivity contribution in [2.45, 2.75) is 6.92 Å². The number of nitrogens with zero attached hydrogens (tertiary/aromatic N) is 1. The maximum atomic E-state index is 13.1. The lowest BCUT2D eigenvalue weighted by Crippen LogP contribution is -1.92. The van der Waals surface area contributed by atoms with Gasteiger partial charge in [-0.25, -0.2) is 4.39 Å². The van der Waals surface area contributed by atoms with Crippen LogP contribution in [0.3, 0.4) is 0 Å². The Hall–Kier alpha value is -1.99. The molecule has 0 amide bonds. The highest BCUT2D eigenvalue weighted by atomic mass is 32.1. The molecular formula is C13H9FN2S. The fourth-order valence-electron chi connectivity index (χ4n) is 1.66. The third kappa shape index (κ3) is 2.24. The van der Waals surface area contributed by atoms with Gasteiger partial charge in [0.2, 0.25) is 0 Å². The molecule has 0 unspecified atom stereocenters. The lowest BCUT2D eigenvalue weighted by molar-refractivity contribution is 0.628. The van der Waals surface area contributed by atoms with E-state index in [-0.39, 0.29) is 5.82 Å². The highest BCUT2D eigenvalue weighted by molar-refractivity contribution is 7.71. The van der Waals surface area contributed by atoms with E-state index in [9.17, 15) is 4.39 Å². The first-order valence-electron chi connectivity index (χ1n) is 5.02. The van der Waals surface area contributed by atoms with Gasteiger partial charge in [0.15, 0.2) is 0 Å². The second-order valence-corrected chi connectivity index (χ2v) is 4.10. The summed E-state index contributed by atoms with van der Waals surface area (Å²) in [4.78, 5) is 2.96. The van der Waals surface area contributed by atoms with Crippen LogP contribution >= 0.6 is 12.2 Å². The zero-order chi connectivity index (χ0) is 12.4. The van der Waals surface area contributed by atoms with Crippen LogP contribution in [0.5, 0.6) is 0 Å². The SMILES string of the molecule is Cc1cc(C#N)c(=S)[nH]c1-c1cccc(F)c1.